The summed E-state index contributed by atoms with van der Waals surface area (Å²) in [5.74, 6) is 0. The molecular formula is C11H17N3O2. The first-order chi connectivity index (χ1) is 7.74. The first-order valence-corrected chi connectivity index (χ1v) is 5.74. The first-order valence-electron chi connectivity index (χ1n) is 5.74. The lowest BCUT2D eigenvalue weighted by Crippen LogP contribution is -2.39. The monoisotopic (exact) mass is 223 g/mol. The van der Waals surface area contributed by atoms with Crippen molar-refractivity contribution in [2.75, 3.05) is 5.32 Å². The van der Waals surface area contributed by atoms with Crippen molar-refractivity contribution in [1.82, 2.24) is 10.3 Å². The Morgan fingerprint density at radius 2 is 2.19 bits per heavy atom. The maximum absolute atomic E-state index is 11.6. The van der Waals surface area contributed by atoms with Crippen LogP contribution in [0.2, 0.25) is 0 Å². The minimum Gasteiger partial charge on any atom is -0.432 e. The molecule has 1 aliphatic rings. The van der Waals surface area contributed by atoms with E-state index in [-0.39, 0.29) is 12.0 Å². The number of nitrogens with zero attached hydrogens (tertiary/aromatic N) is 1. The fourth-order valence-electron chi connectivity index (χ4n) is 1.98. The summed E-state index contributed by atoms with van der Waals surface area (Å²) in [5.41, 5.74) is 0.757. The third-order valence-corrected chi connectivity index (χ3v) is 2.78. The molecule has 5 heteroatoms. The topological polar surface area (TPSA) is 67.2 Å². The molecule has 0 spiro atoms. The number of amides is 2. The van der Waals surface area contributed by atoms with E-state index in [1.807, 2.05) is 6.92 Å². The van der Waals surface area contributed by atoms with Crippen molar-refractivity contribution in [2.45, 2.75) is 45.1 Å². The highest BCUT2D eigenvalue weighted by Crippen LogP contribution is 2.17. The Morgan fingerprint density at radius 3 is 2.81 bits per heavy atom. The lowest BCUT2D eigenvalue weighted by atomic mass is 9.96. The van der Waals surface area contributed by atoms with Crippen molar-refractivity contribution < 1.29 is 9.21 Å². The van der Waals surface area contributed by atoms with E-state index in [9.17, 15) is 4.79 Å². The zero-order valence-electron chi connectivity index (χ0n) is 9.45. The van der Waals surface area contributed by atoms with Crippen LogP contribution in [0, 0.1) is 6.92 Å². The predicted octanol–water partition coefficient (Wildman–Crippen LogP) is 2.44. The molecule has 5 nitrogen and oxygen atoms in total. The normalized spacial score (nSPS) is 17.1. The molecule has 1 fully saturated rings. The average Bonchev–Trinajstić information content (AvgIpc) is 2.65. The number of oxazole rings is 1. The molecular weight excluding hydrogens is 206 g/mol. The number of nitrogens with one attached hydrogen (secondary N) is 2. The van der Waals surface area contributed by atoms with E-state index in [4.69, 9.17) is 4.42 Å². The SMILES string of the molecule is Cc1coc(NC(=O)NC2CCCCC2)n1. The summed E-state index contributed by atoms with van der Waals surface area (Å²) in [6, 6.07) is 0.323. The van der Waals surface area contributed by atoms with Gasteiger partial charge in [-0.25, -0.2) is 4.79 Å². The summed E-state index contributed by atoms with van der Waals surface area (Å²) in [6.07, 6.45) is 7.32. The number of rotatable bonds is 2. The Kier molecular flexibility index (Phi) is 3.44. The van der Waals surface area contributed by atoms with Crippen LogP contribution < -0.4 is 10.6 Å². The smallest absolute Gasteiger partial charge is 0.323 e. The minimum absolute atomic E-state index is 0.228. The molecule has 2 N–H and O–H groups in total. The second-order valence-electron chi connectivity index (χ2n) is 4.23. The zero-order valence-corrected chi connectivity index (χ0v) is 9.45. The molecule has 16 heavy (non-hydrogen) atoms. The molecule has 0 unspecified atom stereocenters. The van der Waals surface area contributed by atoms with E-state index in [0.29, 0.717) is 6.04 Å². The summed E-state index contributed by atoms with van der Waals surface area (Å²) in [4.78, 5) is 15.6. The van der Waals surface area contributed by atoms with Gasteiger partial charge in [-0.3, -0.25) is 5.32 Å². The van der Waals surface area contributed by atoms with Crippen molar-refractivity contribution in [1.29, 1.82) is 0 Å². The van der Waals surface area contributed by atoms with E-state index in [1.165, 1.54) is 25.5 Å². The fourth-order valence-corrected chi connectivity index (χ4v) is 1.98. The highest BCUT2D eigenvalue weighted by molar-refractivity contribution is 5.87. The van der Waals surface area contributed by atoms with Crippen LogP contribution in [0.3, 0.4) is 0 Å². The second-order valence-corrected chi connectivity index (χ2v) is 4.23. The molecule has 2 rings (SSSR count). The predicted molar refractivity (Wildman–Crippen MR) is 60.3 cm³/mol. The number of carbonyl (C=O) groups is 1. The Hall–Kier alpha value is -1.52. The lowest BCUT2D eigenvalue weighted by Gasteiger charge is -2.22. The molecule has 1 heterocycles. The van der Waals surface area contributed by atoms with Gasteiger partial charge < -0.3 is 9.73 Å². The maximum atomic E-state index is 11.6. The fraction of sp³-hybridized carbons (Fsp3) is 0.636. The summed E-state index contributed by atoms with van der Waals surface area (Å²) < 4.78 is 5.04. The van der Waals surface area contributed by atoms with Gasteiger partial charge >= 0.3 is 12.0 Å². The van der Waals surface area contributed by atoms with Gasteiger partial charge in [0.1, 0.15) is 6.26 Å². The third kappa shape index (κ3) is 2.98. The second kappa shape index (κ2) is 5.01. The third-order valence-electron chi connectivity index (χ3n) is 2.78. The van der Waals surface area contributed by atoms with Crippen LogP contribution in [0.15, 0.2) is 10.7 Å². The number of aromatic nitrogens is 1. The molecule has 88 valence electrons. The van der Waals surface area contributed by atoms with E-state index >= 15 is 0 Å². The van der Waals surface area contributed by atoms with Crippen LogP contribution in [0.5, 0.6) is 0 Å². The standard InChI is InChI=1S/C11H17N3O2/c1-8-7-16-11(12-8)14-10(15)13-9-5-3-2-4-6-9/h7,9H,2-6H2,1H3,(H2,12,13,14,15). The van der Waals surface area contributed by atoms with Gasteiger partial charge in [-0.2, -0.15) is 4.98 Å². The molecule has 1 aromatic rings. The highest BCUT2D eigenvalue weighted by Gasteiger charge is 2.16. The van der Waals surface area contributed by atoms with Gasteiger partial charge in [-0.1, -0.05) is 19.3 Å². The van der Waals surface area contributed by atoms with Crippen molar-refractivity contribution in [2.24, 2.45) is 0 Å². The van der Waals surface area contributed by atoms with Crippen molar-refractivity contribution in [3.63, 3.8) is 0 Å². The Labute approximate surface area is 94.6 Å². The average molecular weight is 223 g/mol. The van der Waals surface area contributed by atoms with Gasteiger partial charge in [0, 0.05) is 6.04 Å². The number of hydrogen-bond acceptors (Lipinski definition) is 3. The molecule has 0 aromatic carbocycles. The molecule has 1 saturated carbocycles. The van der Waals surface area contributed by atoms with E-state index in [2.05, 4.69) is 15.6 Å². The van der Waals surface area contributed by atoms with Crippen LogP contribution >= 0.6 is 0 Å². The van der Waals surface area contributed by atoms with Gasteiger partial charge in [0.25, 0.3) is 0 Å². The molecule has 0 atom stereocenters. The molecule has 0 saturated heterocycles. The van der Waals surface area contributed by atoms with Crippen molar-refractivity contribution >= 4 is 12.0 Å². The van der Waals surface area contributed by atoms with E-state index in [1.54, 1.807) is 0 Å². The summed E-state index contributed by atoms with van der Waals surface area (Å²) in [5, 5.41) is 5.51. The van der Waals surface area contributed by atoms with Gasteiger partial charge in [-0.15, -0.1) is 0 Å². The summed E-state index contributed by atoms with van der Waals surface area (Å²) >= 11 is 0. The van der Waals surface area contributed by atoms with Crippen LogP contribution in [-0.2, 0) is 0 Å². The van der Waals surface area contributed by atoms with Gasteiger partial charge in [0.15, 0.2) is 0 Å². The Bertz CT molecular complexity index is 356. The molecule has 1 aromatic heterocycles. The first kappa shape index (κ1) is 11.0. The number of hydrogen-bond donors (Lipinski definition) is 2. The van der Waals surface area contributed by atoms with E-state index in [0.717, 1.165) is 18.5 Å². The van der Waals surface area contributed by atoms with Crippen LogP contribution in [-0.4, -0.2) is 17.1 Å². The zero-order chi connectivity index (χ0) is 11.4. The molecule has 0 radical (unpaired) electrons. The summed E-state index contributed by atoms with van der Waals surface area (Å²) in [6.45, 7) is 1.81. The number of aryl methyl sites for hydroxylation is 1. The van der Waals surface area contributed by atoms with Crippen molar-refractivity contribution in [3.05, 3.63) is 12.0 Å². The van der Waals surface area contributed by atoms with Crippen LogP contribution in [0.1, 0.15) is 37.8 Å². The largest absolute Gasteiger partial charge is 0.432 e. The Morgan fingerprint density at radius 1 is 1.44 bits per heavy atom. The molecule has 0 bridgehead atoms. The quantitative estimate of drug-likeness (QED) is 0.809. The van der Waals surface area contributed by atoms with Gasteiger partial charge in [-0.05, 0) is 19.8 Å². The highest BCUT2D eigenvalue weighted by atomic mass is 16.4. The lowest BCUT2D eigenvalue weighted by molar-refractivity contribution is 0.243. The number of urea groups is 1. The number of carbonyl (C=O) groups excluding carboxylic acids is 1. The van der Waals surface area contributed by atoms with E-state index < -0.39 is 0 Å². The molecule has 0 aliphatic heterocycles. The maximum Gasteiger partial charge on any atom is 0.323 e. The Balaban J connectivity index is 1.79. The van der Waals surface area contributed by atoms with Crippen LogP contribution in [0.25, 0.3) is 0 Å². The molecule has 2 amide bonds. The van der Waals surface area contributed by atoms with Crippen molar-refractivity contribution in [3.8, 4) is 0 Å². The van der Waals surface area contributed by atoms with Gasteiger partial charge in [0.2, 0.25) is 0 Å². The van der Waals surface area contributed by atoms with Gasteiger partial charge in [0.05, 0.1) is 5.69 Å². The number of anilines is 1. The summed E-state index contributed by atoms with van der Waals surface area (Å²) in [7, 11) is 0. The molecule has 1 aliphatic carbocycles. The van der Waals surface area contributed by atoms with Crippen LogP contribution in [0.4, 0.5) is 10.8 Å². The minimum atomic E-state index is -0.228.